The van der Waals surface area contributed by atoms with Gasteiger partial charge in [-0.2, -0.15) is 4.98 Å². The first-order valence-electron chi connectivity index (χ1n) is 11.9. The minimum absolute atomic E-state index is 0.00747. The Morgan fingerprint density at radius 2 is 1.92 bits per heavy atom. The van der Waals surface area contributed by atoms with Crippen LogP contribution in [0.25, 0.3) is 22.2 Å². The number of aromatic nitrogens is 3. The van der Waals surface area contributed by atoms with Crippen LogP contribution < -0.4 is 25.9 Å². The topological polar surface area (TPSA) is 93.5 Å². The Morgan fingerprint density at radius 3 is 2.65 bits per heavy atom. The predicted octanol–water partition coefficient (Wildman–Crippen LogP) is 3.48. The zero-order valence-electron chi connectivity index (χ0n) is 20.2. The lowest BCUT2D eigenvalue weighted by molar-refractivity contribution is 0.0584. The maximum Gasteiger partial charge on any atom is 0.293 e. The molecule has 1 saturated heterocycles. The maximum atomic E-state index is 14.7. The van der Waals surface area contributed by atoms with Crippen LogP contribution in [0.15, 0.2) is 59.5 Å². The molecule has 11 heteroatoms. The summed E-state index contributed by atoms with van der Waals surface area (Å²) in [6, 6.07) is 13.8. The van der Waals surface area contributed by atoms with E-state index in [0.29, 0.717) is 5.39 Å². The van der Waals surface area contributed by atoms with E-state index in [1.165, 1.54) is 31.4 Å². The van der Waals surface area contributed by atoms with Crippen molar-refractivity contribution < 1.29 is 14.0 Å². The van der Waals surface area contributed by atoms with E-state index in [1.807, 2.05) is 24.3 Å². The molecule has 37 heavy (non-hydrogen) atoms. The van der Waals surface area contributed by atoms with Crippen molar-refractivity contribution in [1.82, 2.24) is 20.0 Å². The lowest BCUT2D eigenvalue weighted by atomic mass is 10.1. The van der Waals surface area contributed by atoms with Gasteiger partial charge in [0.2, 0.25) is 5.95 Å². The lowest BCUT2D eigenvalue weighted by Gasteiger charge is -2.29. The number of pyridine rings is 1. The molecule has 0 amide bonds. The van der Waals surface area contributed by atoms with E-state index >= 15 is 0 Å². The van der Waals surface area contributed by atoms with Crippen molar-refractivity contribution in [2.45, 2.75) is 0 Å². The second-order valence-electron chi connectivity index (χ2n) is 8.46. The Bertz CT molecular complexity index is 1440. The Morgan fingerprint density at radius 1 is 1.14 bits per heavy atom. The molecule has 0 bridgehead atoms. The van der Waals surface area contributed by atoms with E-state index < -0.39 is 11.4 Å². The monoisotopic (exact) mass is 524 g/mol. The fourth-order valence-corrected chi connectivity index (χ4v) is 4.47. The number of hydrogen-bond acceptors (Lipinski definition) is 8. The number of rotatable bonds is 8. The average Bonchev–Trinajstić information content (AvgIpc) is 2.91. The summed E-state index contributed by atoms with van der Waals surface area (Å²) < 4.78 is 20.8. The van der Waals surface area contributed by atoms with Gasteiger partial charge < -0.3 is 25.1 Å². The molecule has 0 radical (unpaired) electrons. The van der Waals surface area contributed by atoms with Crippen LogP contribution in [0.2, 0.25) is 5.02 Å². The number of halogens is 2. The van der Waals surface area contributed by atoms with Gasteiger partial charge in [-0.1, -0.05) is 17.7 Å². The molecule has 0 saturated carbocycles. The van der Waals surface area contributed by atoms with E-state index in [2.05, 4.69) is 25.5 Å². The van der Waals surface area contributed by atoms with Gasteiger partial charge in [0, 0.05) is 61.8 Å². The number of nitrogens with zero attached hydrogens (tertiary/aromatic N) is 4. The highest BCUT2D eigenvalue weighted by Gasteiger charge is 2.19. The van der Waals surface area contributed by atoms with Gasteiger partial charge in [0.25, 0.3) is 5.56 Å². The largest absolute Gasteiger partial charge is 0.406 e. The smallest absolute Gasteiger partial charge is 0.293 e. The highest BCUT2D eigenvalue weighted by molar-refractivity contribution is 6.33. The normalized spacial score (nSPS) is 13.6. The average molecular weight is 525 g/mol. The van der Waals surface area contributed by atoms with Gasteiger partial charge in [-0.15, -0.1) is 4.73 Å². The number of benzene rings is 2. The van der Waals surface area contributed by atoms with E-state index in [1.54, 1.807) is 6.20 Å². The molecular formula is C26H26ClFN6O3. The van der Waals surface area contributed by atoms with Crippen LogP contribution in [0.4, 0.5) is 21.7 Å². The van der Waals surface area contributed by atoms with Crippen molar-refractivity contribution in [2.75, 3.05) is 56.7 Å². The van der Waals surface area contributed by atoms with Crippen molar-refractivity contribution in [3.8, 4) is 11.1 Å². The molecule has 9 nitrogen and oxygen atoms in total. The van der Waals surface area contributed by atoms with E-state index in [-0.39, 0.29) is 41.0 Å². The predicted molar refractivity (Wildman–Crippen MR) is 142 cm³/mol. The zero-order chi connectivity index (χ0) is 25.8. The number of nitrogens with one attached hydrogen (secondary N) is 2. The van der Waals surface area contributed by atoms with Crippen molar-refractivity contribution in [3.05, 3.63) is 75.9 Å². The second kappa shape index (κ2) is 11.1. The molecule has 1 aliphatic rings. The highest BCUT2D eigenvalue weighted by atomic mass is 35.5. The molecule has 1 fully saturated rings. The van der Waals surface area contributed by atoms with Gasteiger partial charge in [-0.25, -0.2) is 9.37 Å². The number of methoxy groups -OCH3 is 1. The van der Waals surface area contributed by atoms with Gasteiger partial charge in [0.15, 0.2) is 5.65 Å². The lowest BCUT2D eigenvalue weighted by Crippen LogP contribution is -2.43. The van der Waals surface area contributed by atoms with Crippen molar-refractivity contribution in [2.24, 2.45) is 0 Å². The van der Waals surface area contributed by atoms with Crippen LogP contribution >= 0.6 is 11.6 Å². The van der Waals surface area contributed by atoms with Crippen LogP contribution in [0.1, 0.15) is 0 Å². The summed E-state index contributed by atoms with van der Waals surface area (Å²) in [6.07, 6.45) is 1.55. The molecule has 2 N–H and O–H groups in total. The fraction of sp³-hybridized carbons (Fsp3) is 0.269. The molecular weight excluding hydrogens is 499 g/mol. The SMILES string of the molecule is COCCOn1c(=O)c(-c2c(F)cccc2Cl)cc2cnc(Nc3ccc(N4CCNCC4)cc3)nc21. The van der Waals surface area contributed by atoms with E-state index in [4.69, 9.17) is 21.2 Å². The quantitative estimate of drug-likeness (QED) is 0.338. The third-order valence-electron chi connectivity index (χ3n) is 6.05. The molecule has 0 unspecified atom stereocenters. The van der Waals surface area contributed by atoms with Gasteiger partial charge in [-0.3, -0.25) is 4.79 Å². The zero-order valence-corrected chi connectivity index (χ0v) is 21.0. The highest BCUT2D eigenvalue weighted by Crippen LogP contribution is 2.30. The minimum Gasteiger partial charge on any atom is -0.406 e. The molecule has 2 aromatic heterocycles. The molecule has 0 atom stereocenters. The first-order chi connectivity index (χ1) is 18.0. The van der Waals surface area contributed by atoms with Crippen LogP contribution in [0, 0.1) is 5.82 Å². The first-order valence-corrected chi connectivity index (χ1v) is 12.2. The Hall–Kier alpha value is -3.73. The Kier molecular flexibility index (Phi) is 7.50. The maximum absolute atomic E-state index is 14.7. The molecule has 0 spiro atoms. The first kappa shape index (κ1) is 24.9. The molecule has 0 aliphatic carbocycles. The molecule has 192 valence electrons. The summed E-state index contributed by atoms with van der Waals surface area (Å²) in [5.41, 5.74) is 1.61. The van der Waals surface area contributed by atoms with Crippen LogP contribution in [0.5, 0.6) is 0 Å². The summed E-state index contributed by atoms with van der Waals surface area (Å²) in [5, 5.41) is 7.12. The van der Waals surface area contributed by atoms with Crippen LogP contribution in [-0.4, -0.2) is 61.2 Å². The summed E-state index contributed by atoms with van der Waals surface area (Å²) in [6.45, 7) is 4.17. The number of piperazine rings is 1. The standard InChI is InChI=1S/C26H26ClFN6O3/c1-36-13-14-37-34-24-17(15-20(25(34)35)23-21(27)3-2-4-22(23)28)16-30-26(32-24)31-18-5-7-19(8-6-18)33-11-9-29-10-12-33/h2-8,15-16,29H,9-14H2,1H3,(H,30,31,32). The second-order valence-corrected chi connectivity index (χ2v) is 8.87. The van der Waals surface area contributed by atoms with Gasteiger partial charge in [0.1, 0.15) is 12.4 Å². The number of hydrogen-bond donors (Lipinski definition) is 2. The molecule has 4 aromatic rings. The molecule has 3 heterocycles. The van der Waals surface area contributed by atoms with Gasteiger partial charge in [-0.05, 0) is 42.5 Å². The van der Waals surface area contributed by atoms with E-state index in [9.17, 15) is 9.18 Å². The van der Waals surface area contributed by atoms with Crippen LogP contribution in [0.3, 0.4) is 0 Å². The minimum atomic E-state index is -0.615. The van der Waals surface area contributed by atoms with E-state index in [0.717, 1.165) is 42.3 Å². The van der Waals surface area contributed by atoms with Crippen molar-refractivity contribution in [3.63, 3.8) is 0 Å². The molecule has 2 aromatic carbocycles. The number of anilines is 3. The third-order valence-corrected chi connectivity index (χ3v) is 6.36. The molecule has 1 aliphatic heterocycles. The van der Waals surface area contributed by atoms with Crippen molar-refractivity contribution in [1.29, 1.82) is 0 Å². The summed E-state index contributed by atoms with van der Waals surface area (Å²) in [4.78, 5) is 30.4. The molecule has 5 rings (SSSR count). The third kappa shape index (κ3) is 5.36. The Balaban J connectivity index is 1.50. The summed E-state index contributed by atoms with van der Waals surface area (Å²) in [7, 11) is 1.53. The fourth-order valence-electron chi connectivity index (χ4n) is 4.20. The van der Waals surface area contributed by atoms with Crippen LogP contribution in [-0.2, 0) is 4.74 Å². The summed E-state index contributed by atoms with van der Waals surface area (Å²) in [5.74, 6) is -0.335. The van der Waals surface area contributed by atoms with Gasteiger partial charge in [0.05, 0.1) is 17.2 Å². The number of fused-ring (bicyclic) bond motifs is 1. The summed E-state index contributed by atoms with van der Waals surface area (Å²) >= 11 is 6.25. The Labute approximate surface area is 217 Å². The van der Waals surface area contributed by atoms with Gasteiger partial charge >= 0.3 is 0 Å². The van der Waals surface area contributed by atoms with Crippen molar-refractivity contribution >= 4 is 40.0 Å². The number of ether oxygens (including phenoxy) is 1.